The van der Waals surface area contributed by atoms with Gasteiger partial charge in [0.2, 0.25) is 15.9 Å². The molecule has 36 heavy (non-hydrogen) atoms. The molecular weight excluding hydrogens is 537 g/mol. The predicted octanol–water partition coefficient (Wildman–Crippen LogP) is 6.30. The van der Waals surface area contributed by atoms with Crippen LogP contribution in [-0.2, 0) is 21.4 Å². The van der Waals surface area contributed by atoms with Gasteiger partial charge in [-0.05, 0) is 61.2 Å². The maximum absolute atomic E-state index is 14.1. The molecule has 0 radical (unpaired) electrons. The minimum absolute atomic E-state index is 0.114. The maximum Gasteiger partial charge on any atom is 0.247 e. The molecule has 6 nitrogen and oxygen atoms in total. The first-order valence-electron chi connectivity index (χ1n) is 11.4. The van der Waals surface area contributed by atoms with Gasteiger partial charge in [-0.2, -0.15) is 4.31 Å². The van der Waals surface area contributed by atoms with Crippen LogP contribution in [0.15, 0.2) is 71.6 Å². The molecule has 1 aliphatic heterocycles. The number of rotatable bonds is 6. The van der Waals surface area contributed by atoms with Crippen molar-refractivity contribution in [2.75, 3.05) is 11.4 Å². The molecule has 1 saturated heterocycles. The lowest BCUT2D eigenvalue weighted by molar-refractivity contribution is -0.121. The van der Waals surface area contributed by atoms with Crippen molar-refractivity contribution < 1.29 is 13.2 Å². The summed E-state index contributed by atoms with van der Waals surface area (Å²) < 4.78 is 29.1. The maximum atomic E-state index is 14.1. The molecule has 0 aliphatic carbocycles. The zero-order valence-electron chi connectivity index (χ0n) is 19.4. The summed E-state index contributed by atoms with van der Waals surface area (Å²) in [5.41, 5.74) is 2.61. The van der Waals surface area contributed by atoms with Gasteiger partial charge in [0.05, 0.1) is 26.7 Å². The van der Waals surface area contributed by atoms with Crippen LogP contribution in [0.5, 0.6) is 0 Å². The number of carbonyl (C=O) groups excluding carboxylic acids is 1. The molecule has 3 aromatic carbocycles. The third-order valence-corrected chi connectivity index (χ3v) is 9.99. The second kappa shape index (κ2) is 10.1. The van der Waals surface area contributed by atoms with Gasteiger partial charge in [0.15, 0.2) is 5.13 Å². The number of halogens is 2. The number of hydrogen-bond acceptors (Lipinski definition) is 5. The monoisotopic (exact) mass is 559 g/mol. The zero-order valence-corrected chi connectivity index (χ0v) is 22.5. The van der Waals surface area contributed by atoms with E-state index < -0.39 is 16.1 Å². The van der Waals surface area contributed by atoms with Crippen LogP contribution in [-0.4, -0.2) is 36.2 Å². The van der Waals surface area contributed by atoms with Crippen molar-refractivity contribution in [2.45, 2.75) is 37.2 Å². The molecule has 5 rings (SSSR count). The summed E-state index contributed by atoms with van der Waals surface area (Å²) >= 11 is 13.7. The molecule has 1 aromatic heterocycles. The van der Waals surface area contributed by atoms with E-state index in [2.05, 4.69) is 0 Å². The van der Waals surface area contributed by atoms with Crippen molar-refractivity contribution in [3.05, 3.63) is 87.9 Å². The number of carbonyl (C=O) groups is 1. The number of aromatic nitrogens is 1. The van der Waals surface area contributed by atoms with Gasteiger partial charge in [-0.15, -0.1) is 0 Å². The number of amides is 1. The smallest absolute Gasteiger partial charge is 0.247 e. The molecule has 1 unspecified atom stereocenters. The van der Waals surface area contributed by atoms with Crippen LogP contribution in [0.2, 0.25) is 10.0 Å². The number of benzene rings is 3. The number of fused-ring (bicyclic) bond motifs is 1. The van der Waals surface area contributed by atoms with Crippen LogP contribution in [0.1, 0.15) is 24.0 Å². The Hall–Kier alpha value is -2.49. The Kier molecular flexibility index (Phi) is 7.07. The summed E-state index contributed by atoms with van der Waals surface area (Å²) in [5, 5.41) is 1.51. The average molecular weight is 561 g/mol. The topological polar surface area (TPSA) is 70.6 Å². The molecule has 1 fully saturated rings. The Morgan fingerprint density at radius 2 is 1.81 bits per heavy atom. The molecule has 4 aromatic rings. The molecule has 0 bridgehead atoms. The number of anilines is 1. The van der Waals surface area contributed by atoms with E-state index in [1.165, 1.54) is 39.9 Å². The fourth-order valence-corrected chi connectivity index (χ4v) is 7.51. The summed E-state index contributed by atoms with van der Waals surface area (Å²) in [5.74, 6) is -0.304. The van der Waals surface area contributed by atoms with Crippen molar-refractivity contribution in [1.29, 1.82) is 0 Å². The van der Waals surface area contributed by atoms with Crippen molar-refractivity contribution in [3.63, 3.8) is 0 Å². The average Bonchev–Trinajstić information content (AvgIpc) is 3.54. The summed E-state index contributed by atoms with van der Waals surface area (Å²) in [6.45, 7) is 2.48. The van der Waals surface area contributed by atoms with Crippen LogP contribution in [0, 0.1) is 6.92 Å². The number of hydrogen-bond donors (Lipinski definition) is 0. The second-order valence-corrected chi connectivity index (χ2v) is 12.4. The lowest BCUT2D eigenvalue weighted by Gasteiger charge is -2.28. The molecule has 0 spiro atoms. The Morgan fingerprint density at radius 1 is 1.08 bits per heavy atom. The van der Waals surface area contributed by atoms with Gasteiger partial charge in [0.25, 0.3) is 0 Å². The number of aryl methyl sites for hydroxylation is 1. The highest BCUT2D eigenvalue weighted by atomic mass is 35.5. The third kappa shape index (κ3) is 4.76. The molecular formula is C26H23Cl2N3O3S2. The van der Waals surface area contributed by atoms with E-state index in [-0.39, 0.29) is 23.9 Å². The minimum Gasteiger partial charge on any atom is -0.282 e. The molecule has 0 saturated carbocycles. The number of sulfonamides is 1. The van der Waals surface area contributed by atoms with E-state index in [0.717, 1.165) is 21.3 Å². The van der Waals surface area contributed by atoms with Gasteiger partial charge in [0.1, 0.15) is 6.04 Å². The predicted molar refractivity (Wildman–Crippen MR) is 145 cm³/mol. The summed E-state index contributed by atoms with van der Waals surface area (Å²) in [6, 6.07) is 18.5. The first kappa shape index (κ1) is 25.2. The second-order valence-electron chi connectivity index (χ2n) is 8.68. The number of thiazole rings is 1. The fraction of sp³-hybridized carbons (Fsp3) is 0.231. The van der Waals surface area contributed by atoms with Crippen LogP contribution >= 0.6 is 34.5 Å². The highest BCUT2D eigenvalue weighted by Gasteiger charge is 2.42. The normalized spacial score (nSPS) is 16.5. The summed E-state index contributed by atoms with van der Waals surface area (Å²) in [6.07, 6.45) is 1.02. The Balaban J connectivity index is 1.55. The van der Waals surface area contributed by atoms with Crippen LogP contribution in [0.4, 0.5) is 5.13 Å². The van der Waals surface area contributed by atoms with Crippen LogP contribution in [0.3, 0.4) is 0 Å². The zero-order chi connectivity index (χ0) is 25.4. The molecule has 1 amide bonds. The van der Waals surface area contributed by atoms with E-state index in [0.29, 0.717) is 28.0 Å². The molecule has 186 valence electrons. The van der Waals surface area contributed by atoms with E-state index in [4.69, 9.17) is 28.2 Å². The summed E-state index contributed by atoms with van der Waals surface area (Å²) in [4.78, 5) is 20.6. The highest BCUT2D eigenvalue weighted by Crippen LogP contribution is 2.37. The van der Waals surface area contributed by atoms with Gasteiger partial charge in [-0.3, -0.25) is 9.69 Å². The third-order valence-electron chi connectivity index (χ3n) is 6.28. The SMILES string of the molecule is Cc1ccc(Cl)c2sc(N(Cc3ccccc3)C(=O)C3CCCN3S(=O)(=O)c3ccc(Cl)cc3)nc12. The van der Waals surface area contributed by atoms with E-state index in [1.54, 1.807) is 4.90 Å². The lowest BCUT2D eigenvalue weighted by Crippen LogP contribution is -2.47. The van der Waals surface area contributed by atoms with Gasteiger partial charge in [-0.1, -0.05) is 70.9 Å². The number of nitrogens with zero attached hydrogens (tertiary/aromatic N) is 3. The van der Waals surface area contributed by atoms with Crippen LogP contribution < -0.4 is 4.90 Å². The van der Waals surface area contributed by atoms with Gasteiger partial charge < -0.3 is 0 Å². The fourth-order valence-electron chi connectivity index (χ4n) is 4.41. The van der Waals surface area contributed by atoms with E-state index in [1.807, 2.05) is 49.4 Å². The Labute approximate surface area is 224 Å². The van der Waals surface area contributed by atoms with Gasteiger partial charge in [0, 0.05) is 11.6 Å². The minimum atomic E-state index is -3.89. The standard InChI is InChI=1S/C26H23Cl2N3O3S2/c1-17-9-14-21(28)24-23(17)29-26(35-24)30(16-18-6-3-2-4-7-18)25(32)22-8-5-15-31(22)36(33,34)20-12-10-19(27)11-13-20/h2-4,6-7,9-14,22H,5,8,15-16H2,1H3. The Morgan fingerprint density at radius 3 is 2.50 bits per heavy atom. The molecule has 1 atom stereocenters. The quantitative estimate of drug-likeness (QED) is 0.278. The van der Waals surface area contributed by atoms with Crippen molar-refractivity contribution >= 4 is 65.8 Å². The molecule has 2 heterocycles. The van der Waals surface area contributed by atoms with Crippen LogP contribution in [0.25, 0.3) is 10.2 Å². The Bertz CT molecular complexity index is 1480. The summed E-state index contributed by atoms with van der Waals surface area (Å²) in [7, 11) is -3.89. The highest BCUT2D eigenvalue weighted by molar-refractivity contribution is 7.89. The molecule has 0 N–H and O–H groups in total. The van der Waals surface area contributed by atoms with Gasteiger partial charge in [-0.25, -0.2) is 13.4 Å². The largest absolute Gasteiger partial charge is 0.282 e. The first-order valence-corrected chi connectivity index (χ1v) is 14.5. The van der Waals surface area contributed by atoms with Crippen molar-refractivity contribution in [1.82, 2.24) is 9.29 Å². The van der Waals surface area contributed by atoms with E-state index >= 15 is 0 Å². The molecule has 1 aliphatic rings. The lowest BCUT2D eigenvalue weighted by atomic mass is 10.1. The van der Waals surface area contributed by atoms with E-state index in [9.17, 15) is 13.2 Å². The van der Waals surface area contributed by atoms with Crippen molar-refractivity contribution in [3.8, 4) is 0 Å². The van der Waals surface area contributed by atoms with Crippen molar-refractivity contribution in [2.24, 2.45) is 0 Å². The molecule has 10 heteroatoms. The first-order chi connectivity index (χ1) is 17.3. The van der Waals surface area contributed by atoms with Gasteiger partial charge >= 0.3 is 0 Å².